The normalized spacial score (nSPS) is 17.1. The molecule has 0 aromatic heterocycles. The molecule has 1 amide bonds. The number of rotatable bonds is 10. The quantitative estimate of drug-likeness (QED) is 0.485. The molecule has 2 rings (SSSR count). The van der Waals surface area contributed by atoms with E-state index < -0.39 is 0 Å². The van der Waals surface area contributed by atoms with Crippen molar-refractivity contribution in [3.8, 4) is 11.5 Å². The molecule has 0 saturated carbocycles. The van der Waals surface area contributed by atoms with E-state index in [1.54, 1.807) is 14.2 Å². The zero-order valence-electron chi connectivity index (χ0n) is 15.8. The summed E-state index contributed by atoms with van der Waals surface area (Å²) in [5, 5.41) is 3.07. The molecule has 0 unspecified atom stereocenters. The summed E-state index contributed by atoms with van der Waals surface area (Å²) in [6.07, 6.45) is 5.96. The third-order valence-electron chi connectivity index (χ3n) is 4.77. The van der Waals surface area contributed by atoms with Crippen molar-refractivity contribution >= 4 is 18.5 Å². The summed E-state index contributed by atoms with van der Waals surface area (Å²) in [5.41, 5.74) is 1.57. The van der Waals surface area contributed by atoms with Crippen LogP contribution in [0.25, 0.3) is 0 Å². The molecule has 1 aliphatic heterocycles. The first-order valence-corrected chi connectivity index (χ1v) is 9.76. The number of carbonyl (C=O) groups excluding carboxylic acids is 1. The summed E-state index contributed by atoms with van der Waals surface area (Å²) in [5.74, 6) is 1.74. The zero-order valence-corrected chi connectivity index (χ0v) is 16.7. The average Bonchev–Trinajstić information content (AvgIpc) is 3.10. The Bertz CT molecular complexity index is 621. The molecule has 6 heteroatoms. The number of nitrogens with one attached hydrogen (secondary N) is 1. The van der Waals surface area contributed by atoms with Crippen LogP contribution in [0, 0.1) is 0 Å². The molecule has 144 valence electrons. The van der Waals surface area contributed by atoms with Crippen molar-refractivity contribution < 1.29 is 14.3 Å². The number of aryl methyl sites for hydroxylation is 1. The van der Waals surface area contributed by atoms with E-state index in [1.165, 1.54) is 0 Å². The van der Waals surface area contributed by atoms with Gasteiger partial charge >= 0.3 is 0 Å². The summed E-state index contributed by atoms with van der Waals surface area (Å²) in [7, 11) is 3.15. The van der Waals surface area contributed by atoms with Gasteiger partial charge in [-0.15, -0.1) is 6.58 Å². The predicted molar refractivity (Wildman–Crippen MR) is 109 cm³/mol. The molecule has 0 aliphatic carbocycles. The van der Waals surface area contributed by atoms with Gasteiger partial charge in [0.15, 0.2) is 11.5 Å². The first-order valence-electron chi connectivity index (χ1n) is 9.13. The fourth-order valence-corrected chi connectivity index (χ4v) is 3.61. The van der Waals surface area contributed by atoms with Crippen molar-refractivity contribution in [2.24, 2.45) is 0 Å². The SMILES string of the molecule is C=CCN1CCC[C@H]1CNC(=O)c1cc(CCCS)cc(OC)c1OC. The fraction of sp³-hybridized carbons (Fsp3) is 0.550. The van der Waals surface area contributed by atoms with Crippen LogP contribution in [0.15, 0.2) is 24.8 Å². The van der Waals surface area contributed by atoms with Crippen LogP contribution in [-0.4, -0.2) is 56.5 Å². The van der Waals surface area contributed by atoms with Gasteiger partial charge in [-0.2, -0.15) is 12.6 Å². The highest BCUT2D eigenvalue weighted by Crippen LogP contribution is 2.33. The zero-order chi connectivity index (χ0) is 18.9. The smallest absolute Gasteiger partial charge is 0.255 e. The number of thiol groups is 1. The molecular weight excluding hydrogens is 348 g/mol. The third-order valence-corrected chi connectivity index (χ3v) is 5.08. The van der Waals surface area contributed by atoms with Gasteiger partial charge in [0.2, 0.25) is 0 Å². The molecule has 1 fully saturated rings. The Labute approximate surface area is 162 Å². The summed E-state index contributed by atoms with van der Waals surface area (Å²) in [4.78, 5) is 15.2. The number of carbonyl (C=O) groups is 1. The first kappa shape index (κ1) is 20.6. The monoisotopic (exact) mass is 378 g/mol. The number of ether oxygens (including phenoxy) is 2. The average molecular weight is 379 g/mol. The van der Waals surface area contributed by atoms with Gasteiger partial charge in [-0.25, -0.2) is 0 Å². The fourth-order valence-electron chi connectivity index (χ4n) is 3.46. The van der Waals surface area contributed by atoms with Crippen LogP contribution in [0.3, 0.4) is 0 Å². The van der Waals surface area contributed by atoms with Gasteiger partial charge in [-0.05, 0) is 55.7 Å². The van der Waals surface area contributed by atoms with Crippen LogP contribution >= 0.6 is 12.6 Å². The van der Waals surface area contributed by atoms with Crippen molar-refractivity contribution in [1.29, 1.82) is 0 Å². The van der Waals surface area contributed by atoms with Crippen molar-refractivity contribution in [1.82, 2.24) is 10.2 Å². The molecule has 1 heterocycles. The highest BCUT2D eigenvalue weighted by Gasteiger charge is 2.25. The topological polar surface area (TPSA) is 50.8 Å². The van der Waals surface area contributed by atoms with Gasteiger partial charge in [0.1, 0.15) is 0 Å². The van der Waals surface area contributed by atoms with E-state index in [0.717, 1.165) is 50.1 Å². The Morgan fingerprint density at radius 2 is 2.23 bits per heavy atom. The minimum Gasteiger partial charge on any atom is -0.493 e. The summed E-state index contributed by atoms with van der Waals surface area (Å²) < 4.78 is 10.9. The van der Waals surface area contributed by atoms with E-state index >= 15 is 0 Å². The molecule has 0 spiro atoms. The number of nitrogens with zero attached hydrogens (tertiary/aromatic N) is 1. The standard InChI is InChI=1S/C20H30N2O3S/c1-4-9-22-10-5-8-16(22)14-21-20(23)17-12-15(7-6-11-26)13-18(24-2)19(17)25-3/h4,12-13,16,26H,1,5-11,14H2,2-3H3,(H,21,23)/t16-/m0/s1. The molecule has 1 N–H and O–H groups in total. The van der Waals surface area contributed by atoms with Crippen LogP contribution in [0.2, 0.25) is 0 Å². The Kier molecular flexibility index (Phi) is 8.32. The van der Waals surface area contributed by atoms with E-state index in [9.17, 15) is 4.79 Å². The molecule has 1 aromatic rings. The summed E-state index contributed by atoms with van der Waals surface area (Å²) in [6, 6.07) is 4.19. The number of hydrogen-bond acceptors (Lipinski definition) is 5. The van der Waals surface area contributed by atoms with E-state index in [0.29, 0.717) is 29.6 Å². The molecule has 0 bridgehead atoms. The lowest BCUT2D eigenvalue weighted by Crippen LogP contribution is -2.40. The van der Waals surface area contributed by atoms with Gasteiger partial charge in [-0.3, -0.25) is 9.69 Å². The van der Waals surface area contributed by atoms with Gasteiger partial charge in [0.05, 0.1) is 19.8 Å². The maximum Gasteiger partial charge on any atom is 0.255 e. The number of amides is 1. The largest absolute Gasteiger partial charge is 0.493 e. The van der Waals surface area contributed by atoms with E-state index in [2.05, 4.69) is 29.4 Å². The lowest BCUT2D eigenvalue weighted by atomic mass is 10.0. The number of hydrogen-bond donors (Lipinski definition) is 2. The molecule has 26 heavy (non-hydrogen) atoms. The molecule has 1 aliphatic rings. The van der Waals surface area contributed by atoms with Crippen LogP contribution in [-0.2, 0) is 6.42 Å². The Balaban J connectivity index is 2.14. The van der Waals surface area contributed by atoms with E-state index in [-0.39, 0.29) is 5.91 Å². The Hall–Kier alpha value is -1.66. The van der Waals surface area contributed by atoms with E-state index in [1.807, 2.05) is 18.2 Å². The summed E-state index contributed by atoms with van der Waals surface area (Å²) >= 11 is 4.27. The third kappa shape index (κ3) is 5.17. The Morgan fingerprint density at radius 1 is 1.42 bits per heavy atom. The van der Waals surface area contributed by atoms with Gasteiger partial charge in [-0.1, -0.05) is 6.08 Å². The van der Waals surface area contributed by atoms with E-state index in [4.69, 9.17) is 9.47 Å². The second-order valence-electron chi connectivity index (χ2n) is 6.50. The highest BCUT2D eigenvalue weighted by atomic mass is 32.1. The highest BCUT2D eigenvalue weighted by molar-refractivity contribution is 7.80. The van der Waals surface area contributed by atoms with Crippen molar-refractivity contribution in [2.45, 2.75) is 31.7 Å². The maximum atomic E-state index is 12.8. The number of benzene rings is 1. The van der Waals surface area contributed by atoms with Crippen molar-refractivity contribution in [2.75, 3.05) is 39.6 Å². The minimum atomic E-state index is -0.127. The van der Waals surface area contributed by atoms with Crippen LogP contribution in [0.5, 0.6) is 11.5 Å². The van der Waals surface area contributed by atoms with Crippen LogP contribution in [0.1, 0.15) is 35.2 Å². The molecule has 1 atom stereocenters. The number of methoxy groups -OCH3 is 2. The number of likely N-dealkylation sites (tertiary alicyclic amines) is 1. The van der Waals surface area contributed by atoms with Crippen LogP contribution < -0.4 is 14.8 Å². The Morgan fingerprint density at radius 3 is 2.88 bits per heavy atom. The van der Waals surface area contributed by atoms with Gasteiger partial charge < -0.3 is 14.8 Å². The van der Waals surface area contributed by atoms with Gasteiger partial charge in [0, 0.05) is 19.1 Å². The minimum absolute atomic E-state index is 0.127. The lowest BCUT2D eigenvalue weighted by molar-refractivity contribution is 0.0938. The molecule has 5 nitrogen and oxygen atoms in total. The molecule has 0 radical (unpaired) electrons. The molecular formula is C20H30N2O3S. The predicted octanol–water partition coefficient (Wildman–Crippen LogP) is 2.95. The second-order valence-corrected chi connectivity index (χ2v) is 6.94. The molecule has 1 aromatic carbocycles. The van der Waals surface area contributed by atoms with Crippen LogP contribution in [0.4, 0.5) is 0 Å². The summed E-state index contributed by atoms with van der Waals surface area (Å²) in [6.45, 7) is 6.35. The van der Waals surface area contributed by atoms with Crippen molar-refractivity contribution in [3.63, 3.8) is 0 Å². The van der Waals surface area contributed by atoms with Gasteiger partial charge in [0.25, 0.3) is 5.91 Å². The first-order chi connectivity index (χ1) is 12.6. The maximum absolute atomic E-state index is 12.8. The van der Waals surface area contributed by atoms with Crippen molar-refractivity contribution in [3.05, 3.63) is 35.9 Å². The molecule has 1 saturated heterocycles. The lowest BCUT2D eigenvalue weighted by Gasteiger charge is -2.23. The second kappa shape index (κ2) is 10.5.